The number of azo groups is 1. The van der Waals surface area contributed by atoms with E-state index in [0.717, 1.165) is 43.6 Å². The van der Waals surface area contributed by atoms with Gasteiger partial charge in [-0.3, -0.25) is 14.4 Å². The lowest BCUT2D eigenvalue weighted by Gasteiger charge is -2.34. The average Bonchev–Trinajstić information content (AvgIpc) is 3.16. The van der Waals surface area contributed by atoms with Crippen LogP contribution in [-0.4, -0.2) is 52.2 Å². The number of halogens is 1. The number of hydrogen-bond acceptors (Lipinski definition) is 5. The van der Waals surface area contributed by atoms with Crippen molar-refractivity contribution in [3.63, 3.8) is 0 Å². The zero-order valence-electron chi connectivity index (χ0n) is 19.5. The lowest BCUT2D eigenvalue weighted by molar-refractivity contribution is 0.114. The molecule has 0 saturated carbocycles. The smallest absolute Gasteiger partial charge is 0.221 e. The predicted molar refractivity (Wildman–Crippen MR) is 138 cm³/mol. The first-order chi connectivity index (χ1) is 17.2. The molecule has 7 heteroatoms. The van der Waals surface area contributed by atoms with Gasteiger partial charge in [-0.05, 0) is 23.8 Å². The monoisotopic (exact) mass is 469 g/mol. The minimum Gasteiger partial charge on any atom is -0.493 e. The normalized spacial score (nSPS) is 15.6. The van der Waals surface area contributed by atoms with Crippen molar-refractivity contribution in [1.82, 2.24) is 14.4 Å². The molecule has 35 heavy (non-hydrogen) atoms. The van der Waals surface area contributed by atoms with E-state index in [1.165, 1.54) is 11.6 Å². The van der Waals surface area contributed by atoms with Crippen molar-refractivity contribution in [3.05, 3.63) is 96.3 Å². The van der Waals surface area contributed by atoms with Crippen molar-refractivity contribution >= 4 is 28.4 Å². The van der Waals surface area contributed by atoms with Gasteiger partial charge in [-0.2, -0.15) is 0 Å². The number of hydrogen-bond donors (Lipinski definition) is 1. The van der Waals surface area contributed by atoms with E-state index in [-0.39, 0.29) is 11.6 Å². The van der Waals surface area contributed by atoms with Gasteiger partial charge in [0.15, 0.2) is 11.5 Å². The summed E-state index contributed by atoms with van der Waals surface area (Å²) in [6, 6.07) is 24.2. The van der Waals surface area contributed by atoms with Crippen LogP contribution in [0, 0.1) is 5.82 Å². The fourth-order valence-corrected chi connectivity index (χ4v) is 4.37. The highest BCUT2D eigenvalue weighted by atomic mass is 19.1. The highest BCUT2D eigenvalue weighted by Crippen LogP contribution is 2.39. The van der Waals surface area contributed by atoms with E-state index in [4.69, 9.17) is 0 Å². The first kappa shape index (κ1) is 23.0. The van der Waals surface area contributed by atoms with Gasteiger partial charge in [0, 0.05) is 38.1 Å². The molecule has 0 radical (unpaired) electrons. The third-order valence-electron chi connectivity index (χ3n) is 6.31. The van der Waals surface area contributed by atoms with Crippen LogP contribution in [0.2, 0.25) is 0 Å². The molecule has 1 aliphatic heterocycles. The maximum Gasteiger partial charge on any atom is 0.221 e. The highest BCUT2D eigenvalue weighted by molar-refractivity contribution is 5.95. The number of fused-ring (bicyclic) bond motifs is 1. The van der Waals surface area contributed by atoms with Gasteiger partial charge in [0.25, 0.3) is 0 Å². The maximum atomic E-state index is 14.0. The molecule has 178 valence electrons. The van der Waals surface area contributed by atoms with Crippen LogP contribution in [0.4, 0.5) is 15.8 Å². The summed E-state index contributed by atoms with van der Waals surface area (Å²) in [4.78, 5) is 4.75. The molecule has 0 aliphatic carbocycles. The second kappa shape index (κ2) is 10.6. The Bertz CT molecular complexity index is 1340. The van der Waals surface area contributed by atoms with E-state index in [9.17, 15) is 9.50 Å². The summed E-state index contributed by atoms with van der Waals surface area (Å²) in [5, 5.41) is 20.1. The minimum atomic E-state index is -0.448. The summed E-state index contributed by atoms with van der Waals surface area (Å²) >= 11 is 0. The second-order valence-corrected chi connectivity index (χ2v) is 8.64. The molecule has 0 unspecified atom stereocenters. The van der Waals surface area contributed by atoms with Crippen molar-refractivity contribution in [2.24, 2.45) is 10.2 Å². The molecular weight excluding hydrogens is 441 g/mol. The molecule has 6 nitrogen and oxygen atoms in total. The van der Waals surface area contributed by atoms with Gasteiger partial charge < -0.3 is 5.11 Å². The van der Waals surface area contributed by atoms with Crippen LogP contribution in [0.1, 0.15) is 5.56 Å². The van der Waals surface area contributed by atoms with E-state index in [1.54, 1.807) is 18.2 Å². The molecule has 5 rings (SSSR count). The van der Waals surface area contributed by atoms with Gasteiger partial charge in [-0.25, -0.2) is 4.39 Å². The molecule has 0 bridgehead atoms. The Hall–Kier alpha value is -3.81. The summed E-state index contributed by atoms with van der Waals surface area (Å²) in [5.74, 6) is -0.407. The predicted octanol–water partition coefficient (Wildman–Crippen LogP) is 6.19. The summed E-state index contributed by atoms with van der Waals surface area (Å²) in [6.07, 6.45) is 4.37. The first-order valence-corrected chi connectivity index (χ1v) is 11.8. The first-order valence-electron chi connectivity index (χ1n) is 11.8. The van der Waals surface area contributed by atoms with E-state index < -0.39 is 5.82 Å². The molecule has 1 aliphatic rings. The van der Waals surface area contributed by atoms with E-state index in [1.807, 2.05) is 47.0 Å². The van der Waals surface area contributed by atoms with Gasteiger partial charge in [0.2, 0.25) is 5.88 Å². The molecule has 0 spiro atoms. The topological polar surface area (TPSA) is 56.4 Å². The Morgan fingerprint density at radius 1 is 0.800 bits per heavy atom. The standard InChI is InChI=1S/C28H28FN5O/c29-24-13-5-6-14-25(24)30-31-27-23-12-4-7-15-26(23)34(28(27)35)21-33-19-17-32(18-20-33)16-8-11-22-9-2-1-3-10-22/h1-15,35H,16-21H2. The molecule has 1 aromatic heterocycles. The number of para-hydroxylation sites is 1. The lowest BCUT2D eigenvalue weighted by atomic mass is 10.2. The third-order valence-corrected chi connectivity index (χ3v) is 6.31. The van der Waals surface area contributed by atoms with Crippen molar-refractivity contribution in [2.45, 2.75) is 6.67 Å². The van der Waals surface area contributed by atoms with Gasteiger partial charge in [0.05, 0.1) is 12.2 Å². The molecule has 3 aromatic carbocycles. The Morgan fingerprint density at radius 2 is 1.49 bits per heavy atom. The van der Waals surface area contributed by atoms with Crippen LogP contribution in [0.15, 0.2) is 95.2 Å². The molecule has 1 saturated heterocycles. The second-order valence-electron chi connectivity index (χ2n) is 8.64. The summed E-state index contributed by atoms with van der Waals surface area (Å²) in [5.41, 5.74) is 2.58. The van der Waals surface area contributed by atoms with Crippen LogP contribution in [0.5, 0.6) is 5.88 Å². The number of piperazine rings is 1. The Balaban J connectivity index is 1.27. The molecule has 0 amide bonds. The summed E-state index contributed by atoms with van der Waals surface area (Å²) < 4.78 is 15.8. The van der Waals surface area contributed by atoms with E-state index in [0.29, 0.717) is 12.4 Å². The zero-order valence-corrected chi connectivity index (χ0v) is 19.5. The SMILES string of the molecule is Oc1c(N=Nc2ccccc2F)c2ccccc2n1CN1CCN(CC=Cc2ccccc2)CC1. The third kappa shape index (κ3) is 5.31. The van der Waals surface area contributed by atoms with Crippen LogP contribution in [0.25, 0.3) is 17.0 Å². The lowest BCUT2D eigenvalue weighted by Crippen LogP contribution is -2.46. The number of aromatic hydroxyl groups is 1. The van der Waals surface area contributed by atoms with Crippen LogP contribution >= 0.6 is 0 Å². The fraction of sp³-hybridized carbons (Fsp3) is 0.214. The highest BCUT2D eigenvalue weighted by Gasteiger charge is 2.21. The van der Waals surface area contributed by atoms with Gasteiger partial charge in [0.1, 0.15) is 5.69 Å². The largest absolute Gasteiger partial charge is 0.493 e. The van der Waals surface area contributed by atoms with E-state index in [2.05, 4.69) is 44.3 Å². The van der Waals surface area contributed by atoms with Crippen LogP contribution < -0.4 is 0 Å². The fourth-order valence-electron chi connectivity index (χ4n) is 4.37. The minimum absolute atomic E-state index is 0.0412. The number of aromatic nitrogens is 1. The van der Waals surface area contributed by atoms with Crippen molar-refractivity contribution < 1.29 is 9.50 Å². The Morgan fingerprint density at radius 3 is 2.29 bits per heavy atom. The molecule has 1 fully saturated rings. The molecule has 0 atom stereocenters. The Labute approximate surface area is 204 Å². The average molecular weight is 470 g/mol. The van der Waals surface area contributed by atoms with Gasteiger partial charge in [-0.15, -0.1) is 10.2 Å². The van der Waals surface area contributed by atoms with Gasteiger partial charge >= 0.3 is 0 Å². The number of nitrogens with zero attached hydrogens (tertiary/aromatic N) is 5. The quantitative estimate of drug-likeness (QED) is 0.328. The van der Waals surface area contributed by atoms with Crippen LogP contribution in [0.3, 0.4) is 0 Å². The summed E-state index contributed by atoms with van der Waals surface area (Å²) in [7, 11) is 0. The zero-order chi connectivity index (χ0) is 24.0. The van der Waals surface area contributed by atoms with Crippen LogP contribution in [-0.2, 0) is 6.67 Å². The van der Waals surface area contributed by atoms with E-state index >= 15 is 0 Å². The molecule has 2 heterocycles. The molecular formula is C28H28FN5O. The molecule has 4 aromatic rings. The number of rotatable bonds is 7. The van der Waals surface area contributed by atoms with Gasteiger partial charge in [-0.1, -0.05) is 72.8 Å². The maximum absolute atomic E-state index is 14.0. The number of benzene rings is 3. The molecule has 1 N–H and O–H groups in total. The summed E-state index contributed by atoms with van der Waals surface area (Å²) in [6.45, 7) is 5.18. The van der Waals surface area contributed by atoms with Crippen molar-refractivity contribution in [1.29, 1.82) is 0 Å². The Kier molecular flexibility index (Phi) is 6.97. The van der Waals surface area contributed by atoms with Crippen molar-refractivity contribution in [2.75, 3.05) is 32.7 Å². The van der Waals surface area contributed by atoms with Crippen molar-refractivity contribution in [3.8, 4) is 5.88 Å².